The third kappa shape index (κ3) is 9.19. The van der Waals surface area contributed by atoms with Gasteiger partial charge in [-0.2, -0.15) is 0 Å². The highest BCUT2D eigenvalue weighted by Gasteiger charge is 2.12. The van der Waals surface area contributed by atoms with E-state index < -0.39 is 0 Å². The van der Waals surface area contributed by atoms with E-state index in [-0.39, 0.29) is 0 Å². The lowest BCUT2D eigenvalue weighted by Crippen LogP contribution is -2.12. The number of rotatable bonds is 15. The summed E-state index contributed by atoms with van der Waals surface area (Å²) in [6.45, 7) is 1.22. The molecule has 0 bridgehead atoms. The number of aromatic nitrogens is 1. The van der Waals surface area contributed by atoms with Gasteiger partial charge in [0.05, 0.1) is 17.3 Å². The summed E-state index contributed by atoms with van der Waals surface area (Å²) in [5.41, 5.74) is 1.09. The molecule has 0 saturated heterocycles. The van der Waals surface area contributed by atoms with E-state index in [1.54, 1.807) is 14.2 Å². The SMILES string of the molecule is COCOCCCCCCCCCCc1nc(N(C)C)cc(OC)c1Br. The van der Waals surface area contributed by atoms with Gasteiger partial charge in [0, 0.05) is 33.9 Å². The number of halogens is 1. The Labute approximate surface area is 167 Å². The van der Waals surface area contributed by atoms with E-state index >= 15 is 0 Å². The van der Waals surface area contributed by atoms with Crippen molar-refractivity contribution in [2.24, 2.45) is 0 Å². The maximum atomic E-state index is 5.46. The number of pyridine rings is 1. The van der Waals surface area contributed by atoms with E-state index in [9.17, 15) is 0 Å². The molecule has 0 radical (unpaired) electrons. The minimum absolute atomic E-state index is 0.411. The van der Waals surface area contributed by atoms with Gasteiger partial charge in [-0.05, 0) is 35.2 Å². The average Bonchev–Trinajstić information content (AvgIpc) is 2.63. The highest BCUT2D eigenvalue weighted by atomic mass is 79.9. The largest absolute Gasteiger partial charge is 0.495 e. The summed E-state index contributed by atoms with van der Waals surface area (Å²) in [6.07, 6.45) is 11.0. The number of anilines is 1. The van der Waals surface area contributed by atoms with Crippen LogP contribution in [0, 0.1) is 0 Å². The van der Waals surface area contributed by atoms with Gasteiger partial charge in [0.1, 0.15) is 18.4 Å². The lowest BCUT2D eigenvalue weighted by molar-refractivity contribution is -0.0315. The van der Waals surface area contributed by atoms with Crippen LogP contribution in [0.15, 0.2) is 10.5 Å². The van der Waals surface area contributed by atoms with E-state index in [4.69, 9.17) is 19.2 Å². The van der Waals surface area contributed by atoms with Crippen molar-refractivity contribution in [3.63, 3.8) is 0 Å². The molecular weight excluding hydrogens is 396 g/mol. The Morgan fingerprint density at radius 3 is 2.15 bits per heavy atom. The van der Waals surface area contributed by atoms with Gasteiger partial charge in [-0.3, -0.25) is 0 Å². The van der Waals surface area contributed by atoms with Gasteiger partial charge in [0.2, 0.25) is 0 Å². The molecule has 0 N–H and O–H groups in total. The normalized spacial score (nSPS) is 11.0. The van der Waals surface area contributed by atoms with Crippen LogP contribution >= 0.6 is 15.9 Å². The van der Waals surface area contributed by atoms with Gasteiger partial charge in [0.15, 0.2) is 0 Å². The Morgan fingerprint density at radius 1 is 0.962 bits per heavy atom. The third-order valence-corrected chi connectivity index (χ3v) is 5.16. The molecule has 0 saturated carbocycles. The van der Waals surface area contributed by atoms with Crippen LogP contribution in [0.5, 0.6) is 5.75 Å². The zero-order valence-corrected chi connectivity index (χ0v) is 18.4. The maximum absolute atomic E-state index is 5.46. The van der Waals surface area contributed by atoms with Crippen LogP contribution in [0.25, 0.3) is 0 Å². The van der Waals surface area contributed by atoms with Crippen molar-refractivity contribution in [3.8, 4) is 5.75 Å². The van der Waals surface area contributed by atoms with Crippen molar-refractivity contribution in [1.29, 1.82) is 0 Å². The zero-order chi connectivity index (χ0) is 19.2. The van der Waals surface area contributed by atoms with Crippen molar-refractivity contribution < 1.29 is 14.2 Å². The van der Waals surface area contributed by atoms with Crippen molar-refractivity contribution in [2.45, 2.75) is 57.8 Å². The molecule has 0 amide bonds. The lowest BCUT2D eigenvalue weighted by atomic mass is 10.1. The highest BCUT2D eigenvalue weighted by molar-refractivity contribution is 9.10. The minimum Gasteiger partial charge on any atom is -0.495 e. The maximum Gasteiger partial charge on any atom is 0.146 e. The molecule has 150 valence electrons. The van der Waals surface area contributed by atoms with Crippen LogP contribution in [0.4, 0.5) is 5.82 Å². The number of hydrogen-bond donors (Lipinski definition) is 0. The summed E-state index contributed by atoms with van der Waals surface area (Å²) in [6, 6.07) is 1.97. The standard InChI is InChI=1S/C20H35BrN2O3/c1-23(2)19-15-18(25-4)20(21)17(22-19)13-11-9-7-5-6-8-10-12-14-26-16-24-3/h15H,5-14,16H2,1-4H3. The van der Waals surface area contributed by atoms with E-state index in [1.807, 2.05) is 25.1 Å². The quantitative estimate of drug-likeness (QED) is 0.282. The van der Waals surface area contributed by atoms with Crippen LogP contribution in [0.1, 0.15) is 57.1 Å². The molecular formula is C20H35BrN2O3. The second kappa shape index (κ2) is 14.2. The molecule has 1 aromatic rings. The van der Waals surface area contributed by atoms with Crippen LogP contribution in [0.3, 0.4) is 0 Å². The first-order valence-corrected chi connectivity index (χ1v) is 10.4. The minimum atomic E-state index is 0.411. The molecule has 5 nitrogen and oxygen atoms in total. The van der Waals surface area contributed by atoms with Crippen molar-refractivity contribution in [1.82, 2.24) is 4.98 Å². The number of methoxy groups -OCH3 is 2. The molecule has 1 rings (SSSR count). The summed E-state index contributed by atoms with van der Waals surface area (Å²) in [4.78, 5) is 6.76. The van der Waals surface area contributed by atoms with E-state index in [2.05, 4.69) is 15.9 Å². The first-order chi connectivity index (χ1) is 12.6. The summed E-state index contributed by atoms with van der Waals surface area (Å²) >= 11 is 3.63. The number of nitrogens with zero attached hydrogens (tertiary/aromatic N) is 2. The molecule has 1 aromatic heterocycles. The fourth-order valence-electron chi connectivity index (χ4n) is 2.79. The molecule has 0 fully saturated rings. The fraction of sp³-hybridized carbons (Fsp3) is 0.750. The highest BCUT2D eigenvalue weighted by Crippen LogP contribution is 2.31. The lowest BCUT2D eigenvalue weighted by Gasteiger charge is -2.16. The van der Waals surface area contributed by atoms with Crippen molar-refractivity contribution >= 4 is 21.7 Å². The monoisotopic (exact) mass is 430 g/mol. The van der Waals surface area contributed by atoms with Crippen molar-refractivity contribution in [3.05, 3.63) is 16.2 Å². The van der Waals surface area contributed by atoms with Gasteiger partial charge >= 0.3 is 0 Å². The molecule has 1 heterocycles. The summed E-state index contributed by atoms with van der Waals surface area (Å²) in [7, 11) is 7.36. The first-order valence-electron chi connectivity index (χ1n) is 9.57. The summed E-state index contributed by atoms with van der Waals surface area (Å²) in [5, 5.41) is 0. The summed E-state index contributed by atoms with van der Waals surface area (Å²) < 4.78 is 16.6. The Balaban J connectivity index is 2.17. The number of unbranched alkanes of at least 4 members (excludes halogenated alkanes) is 7. The Bertz CT molecular complexity index is 498. The predicted octanol–water partition coefficient (Wildman–Crippen LogP) is 5.20. The van der Waals surface area contributed by atoms with Gasteiger partial charge in [-0.15, -0.1) is 0 Å². The molecule has 0 aliphatic carbocycles. The second-order valence-electron chi connectivity index (χ2n) is 6.73. The smallest absolute Gasteiger partial charge is 0.146 e. The Kier molecular flexibility index (Phi) is 12.7. The molecule has 0 aliphatic heterocycles. The molecule has 0 unspecified atom stereocenters. The van der Waals surface area contributed by atoms with Crippen LogP contribution in [-0.4, -0.2) is 46.7 Å². The van der Waals surface area contributed by atoms with Gasteiger partial charge < -0.3 is 19.1 Å². The zero-order valence-electron chi connectivity index (χ0n) is 16.9. The Morgan fingerprint density at radius 2 is 1.58 bits per heavy atom. The fourth-order valence-corrected chi connectivity index (χ4v) is 3.35. The molecule has 6 heteroatoms. The second-order valence-corrected chi connectivity index (χ2v) is 7.52. The van der Waals surface area contributed by atoms with Gasteiger partial charge in [0.25, 0.3) is 0 Å². The van der Waals surface area contributed by atoms with E-state index in [1.165, 1.54) is 38.5 Å². The van der Waals surface area contributed by atoms with Gasteiger partial charge in [-0.1, -0.05) is 38.5 Å². The molecule has 0 aliphatic rings. The number of hydrogen-bond acceptors (Lipinski definition) is 5. The van der Waals surface area contributed by atoms with Crippen LogP contribution in [-0.2, 0) is 15.9 Å². The molecule has 0 atom stereocenters. The van der Waals surface area contributed by atoms with E-state index in [0.717, 1.165) is 47.6 Å². The Hall–Kier alpha value is -0.850. The van der Waals surface area contributed by atoms with Crippen LogP contribution < -0.4 is 9.64 Å². The number of ether oxygens (including phenoxy) is 3. The molecule has 0 spiro atoms. The first kappa shape index (κ1) is 23.2. The predicted molar refractivity (Wildman–Crippen MR) is 111 cm³/mol. The van der Waals surface area contributed by atoms with E-state index in [0.29, 0.717) is 6.79 Å². The molecule has 0 aromatic carbocycles. The average molecular weight is 431 g/mol. The van der Waals surface area contributed by atoms with Crippen LogP contribution in [0.2, 0.25) is 0 Å². The summed E-state index contributed by atoms with van der Waals surface area (Å²) in [5.74, 6) is 1.79. The van der Waals surface area contributed by atoms with Crippen molar-refractivity contribution in [2.75, 3.05) is 46.6 Å². The number of aryl methyl sites for hydroxylation is 1. The van der Waals surface area contributed by atoms with Gasteiger partial charge in [-0.25, -0.2) is 4.98 Å². The third-order valence-electron chi connectivity index (χ3n) is 4.31. The topological polar surface area (TPSA) is 43.8 Å². The molecule has 26 heavy (non-hydrogen) atoms.